The molecule has 0 aromatic heterocycles. The molecule has 144 valence electrons. The van der Waals surface area contributed by atoms with Crippen molar-refractivity contribution in [2.75, 3.05) is 26.2 Å². The van der Waals surface area contributed by atoms with Crippen molar-refractivity contribution in [2.24, 2.45) is 0 Å². The molecule has 2 aromatic rings. The molecule has 0 atom stereocenters. The third-order valence-electron chi connectivity index (χ3n) is 4.54. The van der Waals surface area contributed by atoms with Crippen molar-refractivity contribution >= 4 is 23.6 Å². The van der Waals surface area contributed by atoms with Crippen LogP contribution in [0.1, 0.15) is 12.5 Å². The number of anilines is 1. The number of rotatable bonds is 5. The Bertz CT molecular complexity index is 976. The number of nitrogens with zero attached hydrogens (tertiary/aromatic N) is 1. The number of carbonyl (C=O) groups is 2. The van der Waals surface area contributed by atoms with E-state index in [1.165, 1.54) is 12.0 Å². The molecular formula is C22H21NO5. The highest BCUT2D eigenvalue weighted by molar-refractivity contribution is 6.23. The fourth-order valence-corrected chi connectivity index (χ4v) is 3.18. The van der Waals surface area contributed by atoms with E-state index in [4.69, 9.17) is 14.2 Å². The average Bonchev–Trinajstić information content (AvgIpc) is 2.97. The molecule has 0 radical (unpaired) electrons. The molecule has 0 fully saturated rings. The maximum absolute atomic E-state index is 13.2. The van der Waals surface area contributed by atoms with Crippen LogP contribution in [0.5, 0.6) is 11.5 Å². The quantitative estimate of drug-likeness (QED) is 0.587. The SMILES string of the molecule is COC(=O)C1=C(C)N(c2ccccc2)C(=O)/C1=C\c1cc(OC)ccc1OC. The number of carbonyl (C=O) groups excluding carboxylic acids is 2. The van der Waals surface area contributed by atoms with Gasteiger partial charge in [0.1, 0.15) is 11.5 Å². The molecular weight excluding hydrogens is 358 g/mol. The molecule has 1 amide bonds. The van der Waals surface area contributed by atoms with Crippen molar-refractivity contribution in [2.45, 2.75) is 6.92 Å². The van der Waals surface area contributed by atoms with Gasteiger partial charge in [0.05, 0.1) is 32.5 Å². The van der Waals surface area contributed by atoms with E-state index in [1.807, 2.05) is 30.3 Å². The molecule has 0 N–H and O–H groups in total. The van der Waals surface area contributed by atoms with Crippen LogP contribution in [0.2, 0.25) is 0 Å². The van der Waals surface area contributed by atoms with E-state index in [9.17, 15) is 9.59 Å². The Morgan fingerprint density at radius 3 is 2.32 bits per heavy atom. The van der Waals surface area contributed by atoms with Crippen molar-refractivity contribution < 1.29 is 23.8 Å². The van der Waals surface area contributed by atoms with Crippen LogP contribution in [0.4, 0.5) is 5.69 Å². The number of benzene rings is 2. The summed E-state index contributed by atoms with van der Waals surface area (Å²) in [5, 5.41) is 0. The summed E-state index contributed by atoms with van der Waals surface area (Å²) < 4.78 is 15.6. The topological polar surface area (TPSA) is 65.1 Å². The minimum atomic E-state index is -0.572. The van der Waals surface area contributed by atoms with Gasteiger partial charge in [-0.2, -0.15) is 0 Å². The largest absolute Gasteiger partial charge is 0.497 e. The highest BCUT2D eigenvalue weighted by Gasteiger charge is 2.38. The smallest absolute Gasteiger partial charge is 0.340 e. The molecule has 6 heteroatoms. The summed E-state index contributed by atoms with van der Waals surface area (Å²) in [6.45, 7) is 1.72. The van der Waals surface area contributed by atoms with E-state index in [0.29, 0.717) is 28.4 Å². The summed E-state index contributed by atoms with van der Waals surface area (Å²) in [5.41, 5.74) is 2.26. The maximum atomic E-state index is 13.2. The normalized spacial score (nSPS) is 15.2. The van der Waals surface area contributed by atoms with Crippen molar-refractivity contribution in [3.63, 3.8) is 0 Å². The van der Waals surface area contributed by atoms with Crippen molar-refractivity contribution in [3.05, 3.63) is 70.9 Å². The van der Waals surface area contributed by atoms with Gasteiger partial charge in [0.15, 0.2) is 0 Å². The number of esters is 1. The number of allylic oxidation sites excluding steroid dienone is 1. The zero-order valence-electron chi connectivity index (χ0n) is 16.2. The predicted molar refractivity (Wildman–Crippen MR) is 106 cm³/mol. The molecule has 1 aliphatic heterocycles. The van der Waals surface area contributed by atoms with Crippen LogP contribution in [-0.4, -0.2) is 33.2 Å². The number of hydrogen-bond acceptors (Lipinski definition) is 5. The molecule has 1 heterocycles. The molecule has 3 rings (SSSR count). The molecule has 2 aromatic carbocycles. The Morgan fingerprint density at radius 1 is 1.00 bits per heavy atom. The number of methoxy groups -OCH3 is 3. The molecule has 0 unspecified atom stereocenters. The van der Waals surface area contributed by atoms with Gasteiger partial charge < -0.3 is 14.2 Å². The van der Waals surface area contributed by atoms with Gasteiger partial charge in [-0.25, -0.2) is 4.79 Å². The van der Waals surface area contributed by atoms with E-state index in [2.05, 4.69) is 0 Å². The average molecular weight is 379 g/mol. The molecule has 1 aliphatic rings. The second-order valence-corrected chi connectivity index (χ2v) is 6.09. The lowest BCUT2D eigenvalue weighted by molar-refractivity contribution is -0.136. The monoisotopic (exact) mass is 379 g/mol. The first-order chi connectivity index (χ1) is 13.5. The first kappa shape index (κ1) is 19.2. The standard InChI is InChI=1S/C22H21NO5/c1-14-20(22(25)28-4)18(21(24)23(14)16-8-6-5-7-9-16)13-15-12-17(26-2)10-11-19(15)27-3/h5-13H,1-4H3/b18-13-. The lowest BCUT2D eigenvalue weighted by atomic mass is 10.0. The second kappa shape index (κ2) is 8.00. The summed E-state index contributed by atoms with van der Waals surface area (Å²) >= 11 is 0. The van der Waals surface area contributed by atoms with Gasteiger partial charge in [0, 0.05) is 16.9 Å². The lowest BCUT2D eigenvalue weighted by Gasteiger charge is -2.17. The summed E-state index contributed by atoms with van der Waals surface area (Å²) in [6, 6.07) is 14.4. The summed E-state index contributed by atoms with van der Waals surface area (Å²) in [5.74, 6) is 0.283. The molecule has 0 spiro atoms. The van der Waals surface area contributed by atoms with Gasteiger partial charge in [-0.05, 0) is 43.3 Å². The maximum Gasteiger partial charge on any atom is 0.340 e. The van der Waals surface area contributed by atoms with Crippen LogP contribution in [-0.2, 0) is 14.3 Å². The van der Waals surface area contributed by atoms with Crippen molar-refractivity contribution in [1.29, 1.82) is 0 Å². The summed E-state index contributed by atoms with van der Waals surface area (Å²) in [6.07, 6.45) is 1.63. The zero-order valence-corrected chi connectivity index (χ0v) is 16.2. The fourth-order valence-electron chi connectivity index (χ4n) is 3.18. The van der Waals surface area contributed by atoms with Crippen LogP contribution in [0, 0.1) is 0 Å². The Kier molecular flexibility index (Phi) is 5.49. The minimum Gasteiger partial charge on any atom is -0.497 e. The first-order valence-corrected chi connectivity index (χ1v) is 8.64. The van der Waals surface area contributed by atoms with Gasteiger partial charge in [0.2, 0.25) is 0 Å². The number of amides is 1. The van der Waals surface area contributed by atoms with Gasteiger partial charge in [-0.15, -0.1) is 0 Å². The molecule has 0 saturated heterocycles. The third-order valence-corrected chi connectivity index (χ3v) is 4.54. The van der Waals surface area contributed by atoms with Crippen LogP contribution < -0.4 is 14.4 Å². The highest BCUT2D eigenvalue weighted by atomic mass is 16.5. The zero-order chi connectivity index (χ0) is 20.3. The molecule has 0 saturated carbocycles. The van der Waals surface area contributed by atoms with Crippen LogP contribution in [0.15, 0.2) is 65.4 Å². The second-order valence-electron chi connectivity index (χ2n) is 6.09. The molecule has 6 nitrogen and oxygen atoms in total. The molecule has 0 bridgehead atoms. The Balaban J connectivity index is 2.18. The summed E-state index contributed by atoms with van der Waals surface area (Å²) in [4.78, 5) is 27.2. The first-order valence-electron chi connectivity index (χ1n) is 8.64. The minimum absolute atomic E-state index is 0.223. The Labute approximate surface area is 163 Å². The van der Waals surface area contributed by atoms with Gasteiger partial charge >= 0.3 is 5.97 Å². The molecule has 0 aliphatic carbocycles. The number of ether oxygens (including phenoxy) is 3. The van der Waals surface area contributed by atoms with Gasteiger partial charge in [-0.3, -0.25) is 9.69 Å². The van der Waals surface area contributed by atoms with Gasteiger partial charge in [0.25, 0.3) is 5.91 Å². The van der Waals surface area contributed by atoms with Gasteiger partial charge in [-0.1, -0.05) is 18.2 Å². The number of hydrogen-bond donors (Lipinski definition) is 0. The van der Waals surface area contributed by atoms with Crippen LogP contribution in [0.25, 0.3) is 6.08 Å². The Morgan fingerprint density at radius 2 is 1.71 bits per heavy atom. The molecule has 28 heavy (non-hydrogen) atoms. The van der Waals surface area contributed by atoms with E-state index in [-0.39, 0.29) is 17.1 Å². The van der Waals surface area contributed by atoms with E-state index < -0.39 is 5.97 Å². The summed E-state index contributed by atoms with van der Waals surface area (Å²) in [7, 11) is 4.39. The predicted octanol–water partition coefficient (Wildman–Crippen LogP) is 3.58. The number of para-hydroxylation sites is 1. The van der Waals surface area contributed by atoms with E-state index in [0.717, 1.165) is 0 Å². The van der Waals surface area contributed by atoms with E-state index >= 15 is 0 Å². The third kappa shape index (κ3) is 3.36. The van der Waals surface area contributed by atoms with Crippen LogP contribution in [0.3, 0.4) is 0 Å². The van der Waals surface area contributed by atoms with Crippen LogP contribution >= 0.6 is 0 Å². The highest BCUT2D eigenvalue weighted by Crippen LogP contribution is 2.37. The van der Waals surface area contributed by atoms with Crippen molar-refractivity contribution in [1.82, 2.24) is 0 Å². The fraction of sp³-hybridized carbons (Fsp3) is 0.182. The lowest BCUT2D eigenvalue weighted by Crippen LogP contribution is -2.24. The Hall–Kier alpha value is -3.54. The van der Waals surface area contributed by atoms with Crippen molar-refractivity contribution in [3.8, 4) is 11.5 Å². The van der Waals surface area contributed by atoms with E-state index in [1.54, 1.807) is 45.4 Å².